The molecule has 0 fully saturated rings. The van der Waals surface area contributed by atoms with Crippen molar-refractivity contribution >= 4 is 22.5 Å². The summed E-state index contributed by atoms with van der Waals surface area (Å²) in [5.74, 6) is 1.17. The summed E-state index contributed by atoms with van der Waals surface area (Å²) >= 11 is 0. The molecule has 0 aliphatic carbocycles. The molecule has 1 aromatic heterocycles. The molecule has 1 N–H and O–H groups in total. The monoisotopic (exact) mass is 353 g/mol. The molecule has 4 rings (SSSR count). The van der Waals surface area contributed by atoms with E-state index in [-0.39, 0.29) is 24.9 Å². The molecule has 0 spiro atoms. The van der Waals surface area contributed by atoms with Crippen LogP contribution in [0.25, 0.3) is 10.9 Å². The van der Waals surface area contributed by atoms with E-state index in [0.29, 0.717) is 23.6 Å². The van der Waals surface area contributed by atoms with Gasteiger partial charge >= 0.3 is 0 Å². The van der Waals surface area contributed by atoms with Crippen LogP contribution in [0.15, 0.2) is 48.7 Å². The quantitative estimate of drug-likeness (QED) is 0.562. The highest BCUT2D eigenvalue weighted by atomic mass is 16.7. The Hall–Kier alpha value is -3.55. The molecule has 2 heterocycles. The molecule has 0 saturated carbocycles. The predicted octanol–water partition coefficient (Wildman–Crippen LogP) is 2.59. The SMILES string of the molecule is O=C(Cn1ccc2ccc([N+](=O)[O-])cc21)NCc1ccc2c(c1)OCO2. The average Bonchev–Trinajstić information content (AvgIpc) is 3.26. The minimum atomic E-state index is -0.448. The van der Waals surface area contributed by atoms with E-state index in [4.69, 9.17) is 9.47 Å². The lowest BCUT2D eigenvalue weighted by Crippen LogP contribution is -2.26. The van der Waals surface area contributed by atoms with Crippen molar-refractivity contribution in [2.75, 3.05) is 6.79 Å². The van der Waals surface area contributed by atoms with Crippen LogP contribution in [0.2, 0.25) is 0 Å². The van der Waals surface area contributed by atoms with E-state index in [1.165, 1.54) is 12.1 Å². The zero-order valence-corrected chi connectivity index (χ0v) is 13.7. The number of hydrogen-bond acceptors (Lipinski definition) is 5. The number of rotatable bonds is 5. The summed E-state index contributed by atoms with van der Waals surface area (Å²) in [6.07, 6.45) is 1.74. The second kappa shape index (κ2) is 6.40. The first-order chi connectivity index (χ1) is 12.6. The van der Waals surface area contributed by atoms with Crippen LogP contribution in [0.5, 0.6) is 11.5 Å². The van der Waals surface area contributed by atoms with Crippen molar-refractivity contribution in [2.24, 2.45) is 0 Å². The van der Waals surface area contributed by atoms with Gasteiger partial charge in [-0.1, -0.05) is 6.07 Å². The smallest absolute Gasteiger partial charge is 0.271 e. The van der Waals surface area contributed by atoms with Crippen LogP contribution in [-0.2, 0) is 17.9 Å². The van der Waals surface area contributed by atoms with Gasteiger partial charge in [0.05, 0.1) is 10.4 Å². The molecule has 1 aliphatic rings. The topological polar surface area (TPSA) is 95.6 Å². The summed E-state index contributed by atoms with van der Waals surface area (Å²) in [5.41, 5.74) is 1.55. The van der Waals surface area contributed by atoms with Crippen LogP contribution in [0.3, 0.4) is 0 Å². The summed E-state index contributed by atoms with van der Waals surface area (Å²) in [6, 6.07) is 11.9. The van der Waals surface area contributed by atoms with E-state index < -0.39 is 4.92 Å². The number of nitrogens with zero attached hydrogens (tertiary/aromatic N) is 2. The molecule has 8 heteroatoms. The van der Waals surface area contributed by atoms with Gasteiger partial charge in [-0.25, -0.2) is 0 Å². The Labute approximate surface area is 148 Å². The summed E-state index contributed by atoms with van der Waals surface area (Å²) in [6.45, 7) is 0.641. The van der Waals surface area contributed by atoms with Crippen LogP contribution in [0, 0.1) is 10.1 Å². The fourth-order valence-corrected chi connectivity index (χ4v) is 2.89. The molecule has 1 aliphatic heterocycles. The van der Waals surface area contributed by atoms with Gasteiger partial charge in [-0.3, -0.25) is 14.9 Å². The summed E-state index contributed by atoms with van der Waals surface area (Å²) in [7, 11) is 0. The van der Waals surface area contributed by atoms with E-state index >= 15 is 0 Å². The summed E-state index contributed by atoms with van der Waals surface area (Å²) in [4.78, 5) is 22.7. The van der Waals surface area contributed by atoms with E-state index in [9.17, 15) is 14.9 Å². The molecule has 1 amide bonds. The molecule has 26 heavy (non-hydrogen) atoms. The Balaban J connectivity index is 1.44. The second-order valence-electron chi connectivity index (χ2n) is 5.91. The van der Waals surface area contributed by atoms with Gasteiger partial charge in [0.25, 0.3) is 5.69 Å². The van der Waals surface area contributed by atoms with Gasteiger partial charge in [0.2, 0.25) is 12.7 Å². The normalized spacial score (nSPS) is 12.3. The highest BCUT2D eigenvalue weighted by Gasteiger charge is 2.14. The molecular formula is C18H15N3O5. The van der Waals surface area contributed by atoms with E-state index in [1.54, 1.807) is 16.8 Å². The zero-order valence-electron chi connectivity index (χ0n) is 13.7. The van der Waals surface area contributed by atoms with E-state index in [1.807, 2.05) is 24.3 Å². The Kier molecular flexibility index (Phi) is 3.92. The van der Waals surface area contributed by atoms with Crippen molar-refractivity contribution in [2.45, 2.75) is 13.1 Å². The number of nitrogens with one attached hydrogen (secondary N) is 1. The molecule has 8 nitrogen and oxygen atoms in total. The zero-order chi connectivity index (χ0) is 18.1. The third kappa shape index (κ3) is 3.04. The van der Waals surface area contributed by atoms with Crippen molar-refractivity contribution in [3.8, 4) is 11.5 Å². The lowest BCUT2D eigenvalue weighted by molar-refractivity contribution is -0.384. The standard InChI is InChI=1S/C18H15N3O5/c22-18(19-9-12-1-4-16-17(7-12)26-11-25-16)10-20-6-5-13-2-3-14(21(23)24)8-15(13)20/h1-8H,9-11H2,(H,19,22). The lowest BCUT2D eigenvalue weighted by Gasteiger charge is -2.08. The van der Waals surface area contributed by atoms with E-state index in [2.05, 4.69) is 5.32 Å². The number of carbonyl (C=O) groups excluding carboxylic acids is 1. The maximum atomic E-state index is 12.3. The number of aromatic nitrogens is 1. The van der Waals surface area contributed by atoms with Crippen molar-refractivity contribution in [3.63, 3.8) is 0 Å². The number of benzene rings is 2. The van der Waals surface area contributed by atoms with Crippen molar-refractivity contribution < 1.29 is 19.2 Å². The molecule has 0 atom stereocenters. The average molecular weight is 353 g/mol. The van der Waals surface area contributed by atoms with Crippen LogP contribution in [-0.4, -0.2) is 22.2 Å². The number of non-ortho nitro benzene ring substituents is 1. The van der Waals surface area contributed by atoms with Crippen LogP contribution >= 0.6 is 0 Å². The second-order valence-corrected chi connectivity index (χ2v) is 5.91. The molecule has 0 bridgehead atoms. The van der Waals surface area contributed by atoms with Crippen molar-refractivity contribution in [1.29, 1.82) is 0 Å². The molecule has 132 valence electrons. The molecule has 2 aromatic carbocycles. The number of amides is 1. The predicted molar refractivity (Wildman–Crippen MR) is 93.0 cm³/mol. The number of ether oxygens (including phenoxy) is 2. The maximum absolute atomic E-state index is 12.3. The van der Waals surface area contributed by atoms with Gasteiger partial charge < -0.3 is 19.4 Å². The fourth-order valence-electron chi connectivity index (χ4n) is 2.89. The fraction of sp³-hybridized carbons (Fsp3) is 0.167. The number of carbonyl (C=O) groups is 1. The Morgan fingerprint density at radius 2 is 2.00 bits per heavy atom. The molecule has 0 unspecified atom stereocenters. The Morgan fingerprint density at radius 1 is 1.15 bits per heavy atom. The lowest BCUT2D eigenvalue weighted by atomic mass is 10.2. The minimum Gasteiger partial charge on any atom is -0.454 e. The third-order valence-corrected chi connectivity index (χ3v) is 4.21. The molecule has 3 aromatic rings. The van der Waals surface area contributed by atoms with Gasteiger partial charge in [0.15, 0.2) is 11.5 Å². The van der Waals surface area contributed by atoms with Crippen molar-refractivity contribution in [3.05, 3.63) is 64.3 Å². The highest BCUT2D eigenvalue weighted by molar-refractivity contribution is 5.85. The number of fused-ring (bicyclic) bond motifs is 2. The van der Waals surface area contributed by atoms with Gasteiger partial charge in [0, 0.05) is 30.3 Å². The largest absolute Gasteiger partial charge is 0.454 e. The van der Waals surface area contributed by atoms with Gasteiger partial charge in [-0.2, -0.15) is 0 Å². The van der Waals surface area contributed by atoms with E-state index in [0.717, 1.165) is 10.9 Å². The Morgan fingerprint density at radius 3 is 2.85 bits per heavy atom. The Bertz CT molecular complexity index is 1010. The van der Waals surface area contributed by atoms with Crippen LogP contribution in [0.1, 0.15) is 5.56 Å². The third-order valence-electron chi connectivity index (χ3n) is 4.21. The van der Waals surface area contributed by atoms with Gasteiger partial charge in [0.1, 0.15) is 6.54 Å². The number of hydrogen-bond donors (Lipinski definition) is 1. The molecule has 0 saturated heterocycles. The molecular weight excluding hydrogens is 338 g/mol. The first-order valence-corrected chi connectivity index (χ1v) is 7.99. The number of nitro groups is 1. The minimum absolute atomic E-state index is 0.00165. The maximum Gasteiger partial charge on any atom is 0.271 e. The van der Waals surface area contributed by atoms with Crippen LogP contribution < -0.4 is 14.8 Å². The van der Waals surface area contributed by atoms with Crippen LogP contribution in [0.4, 0.5) is 5.69 Å². The highest BCUT2D eigenvalue weighted by Crippen LogP contribution is 2.32. The first-order valence-electron chi connectivity index (χ1n) is 7.99. The number of nitro benzene ring substituents is 1. The summed E-state index contributed by atoms with van der Waals surface area (Å²) in [5, 5.41) is 14.6. The first kappa shape index (κ1) is 15.9. The van der Waals surface area contributed by atoms with Crippen molar-refractivity contribution in [1.82, 2.24) is 9.88 Å². The molecule has 0 radical (unpaired) electrons. The van der Waals surface area contributed by atoms with Gasteiger partial charge in [-0.05, 0) is 29.8 Å². The van der Waals surface area contributed by atoms with Gasteiger partial charge in [-0.15, -0.1) is 0 Å². The summed E-state index contributed by atoms with van der Waals surface area (Å²) < 4.78 is 12.3.